The molecule has 0 atom stereocenters. The third-order valence-electron chi connectivity index (χ3n) is 3.55. The zero-order valence-electron chi connectivity index (χ0n) is 13.1. The molecule has 1 amide bonds. The molecule has 7 nitrogen and oxygen atoms in total. The Bertz CT molecular complexity index is 756. The Morgan fingerprint density at radius 3 is 2.46 bits per heavy atom. The molecule has 1 aromatic heterocycles. The van der Waals surface area contributed by atoms with E-state index in [2.05, 4.69) is 55.7 Å². The minimum absolute atomic E-state index is 0.110. The summed E-state index contributed by atoms with van der Waals surface area (Å²) in [6.07, 6.45) is 0.759. The highest BCUT2D eigenvalue weighted by molar-refractivity contribution is 5.75. The molecule has 1 heterocycles. The van der Waals surface area contributed by atoms with Crippen molar-refractivity contribution in [3.8, 4) is 11.1 Å². The van der Waals surface area contributed by atoms with E-state index in [4.69, 9.17) is 0 Å². The summed E-state index contributed by atoms with van der Waals surface area (Å²) in [6.45, 7) is 0.559. The first-order chi connectivity index (χ1) is 11.8. The lowest BCUT2D eigenvalue weighted by molar-refractivity contribution is -0.122. The summed E-state index contributed by atoms with van der Waals surface area (Å²) in [6, 6.07) is 18.4. The molecule has 7 heteroatoms. The first kappa shape index (κ1) is 15.8. The highest BCUT2D eigenvalue weighted by Crippen LogP contribution is 2.18. The largest absolute Gasteiger partial charge is 0.291 e. The van der Waals surface area contributed by atoms with Crippen LogP contribution in [0.3, 0.4) is 0 Å². The number of benzene rings is 2. The number of hydrogen-bond acceptors (Lipinski definition) is 5. The Hall–Kier alpha value is -3.06. The van der Waals surface area contributed by atoms with Crippen LogP contribution in [0.1, 0.15) is 17.8 Å². The Morgan fingerprint density at radius 2 is 1.75 bits per heavy atom. The summed E-state index contributed by atoms with van der Waals surface area (Å²) in [5.41, 5.74) is 9.04. The van der Waals surface area contributed by atoms with Crippen LogP contribution in [0, 0.1) is 0 Å². The number of amides is 1. The lowest BCUT2D eigenvalue weighted by atomic mass is 10.0. The van der Waals surface area contributed by atoms with E-state index in [0.29, 0.717) is 25.2 Å². The molecular formula is C17H18N6O. The van der Waals surface area contributed by atoms with Gasteiger partial charge in [-0.05, 0) is 16.7 Å². The fraction of sp³-hybridized carbons (Fsp3) is 0.176. The van der Waals surface area contributed by atoms with E-state index >= 15 is 0 Å². The van der Waals surface area contributed by atoms with Crippen molar-refractivity contribution in [2.24, 2.45) is 0 Å². The number of tetrazole rings is 1. The van der Waals surface area contributed by atoms with Crippen molar-refractivity contribution in [1.82, 2.24) is 31.5 Å². The van der Waals surface area contributed by atoms with E-state index in [9.17, 15) is 4.79 Å². The van der Waals surface area contributed by atoms with Crippen molar-refractivity contribution in [2.45, 2.75) is 19.4 Å². The number of nitrogens with one attached hydrogen (secondary N) is 3. The fourth-order valence-corrected chi connectivity index (χ4v) is 2.27. The van der Waals surface area contributed by atoms with E-state index in [0.717, 1.165) is 5.56 Å². The maximum absolute atomic E-state index is 11.7. The van der Waals surface area contributed by atoms with Crippen LogP contribution < -0.4 is 10.9 Å². The number of hydrogen-bond donors (Lipinski definition) is 3. The summed E-state index contributed by atoms with van der Waals surface area (Å²) in [7, 11) is 0. The third kappa shape index (κ3) is 4.47. The number of H-pyrrole nitrogens is 1. The van der Waals surface area contributed by atoms with Crippen LogP contribution in [0.4, 0.5) is 0 Å². The average molecular weight is 322 g/mol. The van der Waals surface area contributed by atoms with E-state index in [1.165, 1.54) is 11.1 Å². The monoisotopic (exact) mass is 322 g/mol. The van der Waals surface area contributed by atoms with Gasteiger partial charge in [0.05, 0.1) is 0 Å². The van der Waals surface area contributed by atoms with E-state index in [1.54, 1.807) is 0 Å². The van der Waals surface area contributed by atoms with E-state index in [-0.39, 0.29) is 5.91 Å². The molecule has 3 aromatic rings. The van der Waals surface area contributed by atoms with Gasteiger partial charge in [0.1, 0.15) is 0 Å². The second-order valence-corrected chi connectivity index (χ2v) is 5.29. The van der Waals surface area contributed by atoms with Crippen molar-refractivity contribution in [1.29, 1.82) is 0 Å². The van der Waals surface area contributed by atoms with Gasteiger partial charge in [0.25, 0.3) is 0 Å². The number of aromatic amines is 1. The number of nitrogens with zero attached hydrogens (tertiary/aromatic N) is 3. The van der Waals surface area contributed by atoms with Crippen LogP contribution in [-0.4, -0.2) is 26.5 Å². The summed E-state index contributed by atoms with van der Waals surface area (Å²) < 4.78 is 0. The summed E-state index contributed by atoms with van der Waals surface area (Å²) in [4.78, 5) is 11.7. The second-order valence-electron chi connectivity index (χ2n) is 5.29. The SMILES string of the molecule is O=C(CCc1nn[nH]n1)NNCc1ccc(-c2ccccc2)cc1. The molecule has 0 aliphatic rings. The molecule has 0 aliphatic carbocycles. The summed E-state index contributed by atoms with van der Waals surface area (Å²) in [5, 5.41) is 13.4. The molecule has 3 N–H and O–H groups in total. The lowest BCUT2D eigenvalue weighted by Crippen LogP contribution is -2.36. The first-order valence-electron chi connectivity index (χ1n) is 7.69. The number of hydrazine groups is 1. The highest BCUT2D eigenvalue weighted by atomic mass is 16.2. The standard InChI is InChI=1S/C17H18N6O/c24-17(11-10-16-19-22-23-20-16)21-18-12-13-6-8-15(9-7-13)14-4-2-1-3-5-14/h1-9,18H,10-12H2,(H,21,24)(H,19,20,22,23). The molecule has 0 aliphatic heterocycles. The smallest absolute Gasteiger partial charge is 0.234 e. The maximum atomic E-state index is 11.7. The fourth-order valence-electron chi connectivity index (χ4n) is 2.27. The van der Waals surface area contributed by atoms with Crippen molar-refractivity contribution < 1.29 is 4.79 Å². The van der Waals surface area contributed by atoms with Crippen LogP contribution in [0.25, 0.3) is 11.1 Å². The summed E-state index contributed by atoms with van der Waals surface area (Å²) >= 11 is 0. The summed E-state index contributed by atoms with van der Waals surface area (Å²) in [5.74, 6) is 0.419. The molecule has 122 valence electrons. The highest BCUT2D eigenvalue weighted by Gasteiger charge is 2.04. The van der Waals surface area contributed by atoms with Gasteiger partial charge in [0.2, 0.25) is 5.91 Å². The number of carbonyl (C=O) groups excluding carboxylic acids is 1. The molecule has 0 saturated heterocycles. The van der Waals surface area contributed by atoms with Crippen LogP contribution in [0.5, 0.6) is 0 Å². The predicted octanol–water partition coefficient (Wildman–Crippen LogP) is 1.62. The molecule has 24 heavy (non-hydrogen) atoms. The van der Waals surface area contributed by atoms with Gasteiger partial charge in [-0.25, -0.2) is 5.43 Å². The molecule has 0 saturated carbocycles. The van der Waals surface area contributed by atoms with Gasteiger partial charge in [-0.1, -0.05) is 59.8 Å². The molecule has 3 rings (SSSR count). The van der Waals surface area contributed by atoms with E-state index < -0.39 is 0 Å². The van der Waals surface area contributed by atoms with E-state index in [1.807, 2.05) is 30.3 Å². The molecule has 0 spiro atoms. The molecule has 0 bridgehead atoms. The maximum Gasteiger partial charge on any atom is 0.234 e. The zero-order valence-corrected chi connectivity index (χ0v) is 13.1. The van der Waals surface area contributed by atoms with Crippen molar-refractivity contribution in [3.63, 3.8) is 0 Å². The van der Waals surface area contributed by atoms with Crippen LogP contribution in [0.2, 0.25) is 0 Å². The number of aromatic nitrogens is 4. The minimum atomic E-state index is -0.110. The predicted molar refractivity (Wildman–Crippen MR) is 89.4 cm³/mol. The van der Waals surface area contributed by atoms with Crippen LogP contribution in [0.15, 0.2) is 54.6 Å². The van der Waals surface area contributed by atoms with Gasteiger partial charge in [-0.15, -0.1) is 10.2 Å². The molecular weight excluding hydrogens is 304 g/mol. The van der Waals surface area contributed by atoms with Crippen molar-refractivity contribution >= 4 is 5.91 Å². The average Bonchev–Trinajstić information content (AvgIpc) is 3.15. The number of carbonyl (C=O) groups is 1. The quantitative estimate of drug-likeness (QED) is 0.575. The van der Waals surface area contributed by atoms with Gasteiger partial charge in [-0.2, -0.15) is 5.21 Å². The van der Waals surface area contributed by atoms with Gasteiger partial charge < -0.3 is 0 Å². The second kappa shape index (κ2) is 7.98. The molecule has 0 radical (unpaired) electrons. The Labute approximate surface area is 139 Å². The van der Waals surface area contributed by atoms with Gasteiger partial charge in [-0.3, -0.25) is 10.2 Å². The van der Waals surface area contributed by atoms with Gasteiger partial charge in [0, 0.05) is 19.4 Å². The molecule has 0 fully saturated rings. The normalized spacial score (nSPS) is 10.5. The van der Waals surface area contributed by atoms with Gasteiger partial charge in [0.15, 0.2) is 5.82 Å². The molecule has 0 unspecified atom stereocenters. The lowest BCUT2D eigenvalue weighted by Gasteiger charge is -2.08. The van der Waals surface area contributed by atoms with Crippen LogP contribution in [-0.2, 0) is 17.8 Å². The third-order valence-corrected chi connectivity index (χ3v) is 3.55. The molecule has 2 aromatic carbocycles. The zero-order chi connectivity index (χ0) is 16.6. The number of aryl methyl sites for hydroxylation is 1. The Morgan fingerprint density at radius 1 is 1.00 bits per heavy atom. The minimum Gasteiger partial charge on any atom is -0.291 e. The van der Waals surface area contributed by atoms with Crippen molar-refractivity contribution in [3.05, 3.63) is 66.0 Å². The van der Waals surface area contributed by atoms with Crippen molar-refractivity contribution in [2.75, 3.05) is 0 Å². The Balaban J connectivity index is 1.42. The topological polar surface area (TPSA) is 95.6 Å². The Kier molecular flexibility index (Phi) is 5.26. The van der Waals surface area contributed by atoms with Gasteiger partial charge >= 0.3 is 0 Å². The number of rotatable bonds is 7. The van der Waals surface area contributed by atoms with Crippen LogP contribution >= 0.6 is 0 Å². The first-order valence-corrected chi connectivity index (χ1v) is 7.69.